The van der Waals surface area contributed by atoms with Gasteiger partial charge in [0.2, 0.25) is 0 Å². The van der Waals surface area contributed by atoms with Crippen molar-refractivity contribution in [3.63, 3.8) is 0 Å². The van der Waals surface area contributed by atoms with Gasteiger partial charge in [0.1, 0.15) is 0 Å². The van der Waals surface area contributed by atoms with E-state index in [1.165, 1.54) is 6.42 Å². The second kappa shape index (κ2) is 5.31. The van der Waals surface area contributed by atoms with Crippen LogP contribution >= 0.6 is 0 Å². The molecule has 90 valence electrons. The van der Waals surface area contributed by atoms with Gasteiger partial charge in [-0.3, -0.25) is 0 Å². The normalized spacial score (nSPS) is 24.2. The van der Waals surface area contributed by atoms with Gasteiger partial charge in [-0.1, -0.05) is 12.1 Å². The molecule has 1 aliphatic rings. The first-order valence-corrected chi connectivity index (χ1v) is 6.06. The summed E-state index contributed by atoms with van der Waals surface area (Å²) in [5.41, 5.74) is 1.77. The zero-order chi connectivity index (χ0) is 12.1. The Kier molecular flexibility index (Phi) is 3.78. The van der Waals surface area contributed by atoms with E-state index in [0.29, 0.717) is 12.2 Å². The number of nitrogens with one attached hydrogen (secondary N) is 1. The monoisotopic (exact) mass is 230 g/mol. The maximum absolute atomic E-state index is 8.71. The number of rotatable bonds is 3. The maximum atomic E-state index is 8.71. The van der Waals surface area contributed by atoms with Gasteiger partial charge in [0.25, 0.3) is 0 Å². The van der Waals surface area contributed by atoms with Crippen molar-refractivity contribution in [1.29, 1.82) is 5.26 Å². The summed E-state index contributed by atoms with van der Waals surface area (Å²) in [4.78, 5) is 0. The van der Waals surface area contributed by atoms with Crippen LogP contribution in [0.15, 0.2) is 24.3 Å². The third-order valence-corrected chi connectivity index (χ3v) is 3.23. The summed E-state index contributed by atoms with van der Waals surface area (Å²) in [6.07, 6.45) is 2.28. The van der Waals surface area contributed by atoms with E-state index in [4.69, 9.17) is 10.00 Å². The number of benzene rings is 1. The highest BCUT2D eigenvalue weighted by atomic mass is 16.5. The molecule has 0 radical (unpaired) electrons. The number of hydrogen-bond donors (Lipinski definition) is 1. The fourth-order valence-electron chi connectivity index (χ4n) is 2.08. The Labute approximate surface area is 102 Å². The van der Waals surface area contributed by atoms with E-state index < -0.39 is 0 Å². The van der Waals surface area contributed by atoms with Crippen molar-refractivity contribution in [3.8, 4) is 6.07 Å². The van der Waals surface area contributed by atoms with E-state index in [9.17, 15) is 0 Å². The van der Waals surface area contributed by atoms with Crippen molar-refractivity contribution < 1.29 is 4.74 Å². The number of hydrogen-bond acceptors (Lipinski definition) is 3. The molecule has 1 fully saturated rings. The smallest absolute Gasteiger partial charge is 0.0991 e. The summed E-state index contributed by atoms with van der Waals surface area (Å²) in [7, 11) is 0. The molecule has 0 spiro atoms. The predicted molar refractivity (Wildman–Crippen MR) is 66.5 cm³/mol. The molecule has 3 heteroatoms. The maximum Gasteiger partial charge on any atom is 0.0991 e. The lowest BCUT2D eigenvalue weighted by Crippen LogP contribution is -2.45. The molecule has 0 aromatic heterocycles. The van der Waals surface area contributed by atoms with E-state index in [1.54, 1.807) is 0 Å². The molecule has 1 aliphatic heterocycles. The molecule has 3 nitrogen and oxygen atoms in total. The summed E-state index contributed by atoms with van der Waals surface area (Å²) in [6.45, 7) is 4.78. The van der Waals surface area contributed by atoms with E-state index in [-0.39, 0.29) is 5.60 Å². The largest absolute Gasteiger partial charge is 0.369 e. The molecule has 1 saturated heterocycles. The third kappa shape index (κ3) is 3.29. The van der Waals surface area contributed by atoms with Gasteiger partial charge in [0, 0.05) is 6.54 Å². The summed E-state index contributed by atoms with van der Waals surface area (Å²) < 4.78 is 5.98. The van der Waals surface area contributed by atoms with Crippen LogP contribution < -0.4 is 5.32 Å². The molecule has 1 atom stereocenters. The van der Waals surface area contributed by atoms with Gasteiger partial charge in [-0.05, 0) is 44.0 Å². The SMILES string of the molecule is CC1(OCc2ccc(C#N)cc2)CCCNC1. The highest BCUT2D eigenvalue weighted by molar-refractivity contribution is 5.31. The minimum atomic E-state index is -0.0495. The number of nitrogens with zero attached hydrogens (tertiary/aromatic N) is 1. The van der Waals surface area contributed by atoms with Gasteiger partial charge in [0.05, 0.1) is 23.8 Å². The van der Waals surface area contributed by atoms with Crippen LogP contribution in [0.1, 0.15) is 30.9 Å². The van der Waals surface area contributed by atoms with Crippen molar-refractivity contribution in [2.24, 2.45) is 0 Å². The van der Waals surface area contributed by atoms with Gasteiger partial charge in [-0.25, -0.2) is 0 Å². The zero-order valence-corrected chi connectivity index (χ0v) is 10.2. The van der Waals surface area contributed by atoms with Crippen molar-refractivity contribution >= 4 is 0 Å². The molecule has 17 heavy (non-hydrogen) atoms. The van der Waals surface area contributed by atoms with E-state index in [1.807, 2.05) is 24.3 Å². The van der Waals surface area contributed by atoms with Gasteiger partial charge in [0.15, 0.2) is 0 Å². The molecular formula is C14H18N2O. The summed E-state index contributed by atoms with van der Waals surface area (Å²) in [5.74, 6) is 0. The topological polar surface area (TPSA) is 45.0 Å². The summed E-state index contributed by atoms with van der Waals surface area (Å²) >= 11 is 0. The Morgan fingerprint density at radius 1 is 1.41 bits per heavy atom. The summed E-state index contributed by atoms with van der Waals surface area (Å²) in [6, 6.07) is 9.70. The Morgan fingerprint density at radius 3 is 2.76 bits per heavy atom. The lowest BCUT2D eigenvalue weighted by Gasteiger charge is -2.34. The molecule has 0 aliphatic carbocycles. The van der Waals surface area contributed by atoms with Gasteiger partial charge >= 0.3 is 0 Å². The van der Waals surface area contributed by atoms with Gasteiger partial charge < -0.3 is 10.1 Å². The standard InChI is InChI=1S/C14H18N2O/c1-14(7-2-8-16-11-14)17-10-13-5-3-12(9-15)4-6-13/h3-6,16H,2,7-8,10-11H2,1H3. The Bertz CT molecular complexity index is 399. The van der Waals surface area contributed by atoms with Crippen molar-refractivity contribution in [1.82, 2.24) is 5.32 Å². The number of nitriles is 1. The molecule has 1 N–H and O–H groups in total. The zero-order valence-electron chi connectivity index (χ0n) is 10.2. The predicted octanol–water partition coefficient (Wildman–Crippen LogP) is 2.22. The number of ether oxygens (including phenoxy) is 1. The summed E-state index contributed by atoms with van der Waals surface area (Å²) in [5, 5.41) is 12.1. The Hall–Kier alpha value is -1.37. The molecule has 1 aromatic carbocycles. The van der Waals surface area contributed by atoms with Gasteiger partial charge in [-0.2, -0.15) is 5.26 Å². The number of piperidine rings is 1. The van der Waals surface area contributed by atoms with E-state index in [0.717, 1.165) is 25.1 Å². The fraction of sp³-hybridized carbons (Fsp3) is 0.500. The first kappa shape index (κ1) is 12.1. The molecule has 1 aromatic rings. The second-order valence-electron chi connectivity index (χ2n) is 4.83. The fourth-order valence-corrected chi connectivity index (χ4v) is 2.08. The first-order valence-electron chi connectivity index (χ1n) is 6.06. The molecule has 0 saturated carbocycles. The molecule has 0 amide bonds. The Morgan fingerprint density at radius 2 is 2.18 bits per heavy atom. The average molecular weight is 230 g/mol. The first-order chi connectivity index (χ1) is 8.22. The molecule has 1 unspecified atom stereocenters. The van der Waals surface area contributed by atoms with Crippen LogP contribution in [0.2, 0.25) is 0 Å². The lowest BCUT2D eigenvalue weighted by atomic mass is 9.96. The van der Waals surface area contributed by atoms with Crippen LogP contribution in [0.4, 0.5) is 0 Å². The third-order valence-electron chi connectivity index (χ3n) is 3.23. The van der Waals surface area contributed by atoms with Crippen LogP contribution in [0.25, 0.3) is 0 Å². The van der Waals surface area contributed by atoms with Crippen molar-refractivity contribution in [2.45, 2.75) is 32.0 Å². The van der Waals surface area contributed by atoms with Crippen LogP contribution in [0, 0.1) is 11.3 Å². The van der Waals surface area contributed by atoms with Crippen LogP contribution in [0.3, 0.4) is 0 Å². The van der Waals surface area contributed by atoms with Crippen molar-refractivity contribution in [3.05, 3.63) is 35.4 Å². The molecular weight excluding hydrogens is 212 g/mol. The van der Waals surface area contributed by atoms with Gasteiger partial charge in [-0.15, -0.1) is 0 Å². The molecule has 0 bridgehead atoms. The van der Waals surface area contributed by atoms with E-state index >= 15 is 0 Å². The minimum Gasteiger partial charge on any atom is -0.369 e. The second-order valence-corrected chi connectivity index (χ2v) is 4.83. The quantitative estimate of drug-likeness (QED) is 0.866. The van der Waals surface area contributed by atoms with Crippen molar-refractivity contribution in [2.75, 3.05) is 13.1 Å². The highest BCUT2D eigenvalue weighted by Gasteiger charge is 2.27. The molecule has 1 heterocycles. The average Bonchev–Trinajstić information content (AvgIpc) is 2.38. The van der Waals surface area contributed by atoms with Crippen LogP contribution in [-0.2, 0) is 11.3 Å². The van der Waals surface area contributed by atoms with Crippen LogP contribution in [-0.4, -0.2) is 18.7 Å². The Balaban J connectivity index is 1.90. The lowest BCUT2D eigenvalue weighted by molar-refractivity contribution is -0.0571. The van der Waals surface area contributed by atoms with Crippen LogP contribution in [0.5, 0.6) is 0 Å². The minimum absolute atomic E-state index is 0.0495. The van der Waals surface area contributed by atoms with E-state index in [2.05, 4.69) is 18.3 Å². The highest BCUT2D eigenvalue weighted by Crippen LogP contribution is 2.21. The molecule has 2 rings (SSSR count).